The summed E-state index contributed by atoms with van der Waals surface area (Å²) in [4.78, 5) is 34.2. The van der Waals surface area contributed by atoms with Crippen LogP contribution >= 0.6 is 11.3 Å². The Kier molecular flexibility index (Phi) is 4.45. The Morgan fingerprint density at radius 3 is 2.81 bits per heavy atom. The molecule has 0 unspecified atom stereocenters. The molecule has 0 aliphatic heterocycles. The topological polar surface area (TPSA) is 69.2 Å². The van der Waals surface area contributed by atoms with Crippen molar-refractivity contribution in [2.24, 2.45) is 12.0 Å². The minimum atomic E-state index is -0.256. The maximum atomic E-state index is 12.6. The van der Waals surface area contributed by atoms with Crippen LogP contribution in [0.4, 0.5) is 0 Å². The molecule has 0 bridgehead atoms. The van der Waals surface area contributed by atoms with E-state index in [1.807, 2.05) is 54.9 Å². The van der Waals surface area contributed by atoms with Crippen LogP contribution in [0.25, 0.3) is 21.1 Å². The predicted octanol–water partition coefficient (Wildman–Crippen LogP) is 2.78. The van der Waals surface area contributed by atoms with Gasteiger partial charge in [0.1, 0.15) is 0 Å². The molecule has 1 amide bonds. The lowest BCUT2D eigenvalue weighted by Gasteiger charge is -2.06. The zero-order valence-electron chi connectivity index (χ0n) is 15.0. The number of thiazole rings is 1. The molecule has 0 saturated heterocycles. The summed E-state index contributed by atoms with van der Waals surface area (Å²) in [6.45, 7) is 2.18. The number of hydrogen-bond acceptors (Lipinski definition) is 4. The number of rotatable bonds is 3. The number of carbonyl (C=O) groups excluding carboxylic acids is 1. The van der Waals surface area contributed by atoms with Crippen LogP contribution in [0.15, 0.2) is 58.6 Å². The summed E-state index contributed by atoms with van der Waals surface area (Å²) in [5.74, 6) is -0.256. The Bertz CT molecular complexity index is 1300. The quantitative estimate of drug-likeness (QED) is 0.550. The number of aromatic nitrogens is 3. The van der Waals surface area contributed by atoms with Gasteiger partial charge in [0, 0.05) is 20.0 Å². The molecule has 0 spiro atoms. The number of nitrogens with zero attached hydrogens (tertiary/aromatic N) is 4. The average molecular weight is 378 g/mol. The molecule has 0 aliphatic carbocycles. The van der Waals surface area contributed by atoms with E-state index in [0.717, 1.165) is 15.8 Å². The number of hydrogen-bond donors (Lipinski definition) is 0. The number of fused-ring (bicyclic) bond motifs is 2. The summed E-state index contributed by atoms with van der Waals surface area (Å²) in [6.07, 6.45) is 1.65. The van der Waals surface area contributed by atoms with Crippen molar-refractivity contribution in [1.82, 2.24) is 14.1 Å². The van der Waals surface area contributed by atoms with E-state index in [1.54, 1.807) is 6.07 Å². The summed E-state index contributed by atoms with van der Waals surface area (Å²) in [5, 5.41) is 0.567. The van der Waals surface area contributed by atoms with Gasteiger partial charge in [0.15, 0.2) is 4.80 Å². The van der Waals surface area contributed by atoms with E-state index in [-0.39, 0.29) is 24.4 Å². The molecule has 0 fully saturated rings. The lowest BCUT2D eigenvalue weighted by Crippen LogP contribution is -2.22. The smallest absolute Gasteiger partial charge is 0.261 e. The molecule has 7 heteroatoms. The molecule has 0 radical (unpaired) electrons. The van der Waals surface area contributed by atoms with Crippen molar-refractivity contribution < 1.29 is 4.79 Å². The van der Waals surface area contributed by atoms with Gasteiger partial charge in [-0.05, 0) is 30.7 Å². The van der Waals surface area contributed by atoms with E-state index >= 15 is 0 Å². The standard InChI is InChI=1S/C20H18N4O2S/c1-13-6-5-7-14-18(13)21-12-24(19(14)26)11-10-17(25)22-20-23(2)15-8-3-4-9-16(15)27-20/h3-9,12H,10-11H2,1-2H3. The first kappa shape index (κ1) is 17.4. The van der Waals surface area contributed by atoms with Crippen molar-refractivity contribution in [3.05, 3.63) is 69.5 Å². The third kappa shape index (κ3) is 3.21. The predicted molar refractivity (Wildman–Crippen MR) is 107 cm³/mol. The van der Waals surface area contributed by atoms with E-state index in [0.29, 0.717) is 15.7 Å². The first-order valence-electron chi connectivity index (χ1n) is 8.61. The fourth-order valence-electron chi connectivity index (χ4n) is 3.06. The minimum absolute atomic E-state index is 0.135. The molecule has 0 atom stereocenters. The highest BCUT2D eigenvalue weighted by atomic mass is 32.1. The minimum Gasteiger partial charge on any atom is -0.319 e. The number of carbonyl (C=O) groups is 1. The SMILES string of the molecule is Cc1cccc2c(=O)n(CCC(=O)N=c3sc4ccccc4n3C)cnc12. The Morgan fingerprint density at radius 2 is 2.00 bits per heavy atom. The molecule has 4 rings (SSSR count). The number of benzene rings is 2. The fourth-order valence-corrected chi connectivity index (χ4v) is 4.10. The van der Waals surface area contributed by atoms with Gasteiger partial charge in [-0.15, -0.1) is 0 Å². The van der Waals surface area contributed by atoms with Crippen LogP contribution < -0.4 is 10.4 Å². The molecule has 2 heterocycles. The van der Waals surface area contributed by atoms with Gasteiger partial charge < -0.3 is 4.57 Å². The van der Waals surface area contributed by atoms with Crippen LogP contribution in [0.2, 0.25) is 0 Å². The third-order valence-corrected chi connectivity index (χ3v) is 5.67. The van der Waals surface area contributed by atoms with E-state index in [1.165, 1.54) is 22.2 Å². The van der Waals surface area contributed by atoms with Crippen molar-refractivity contribution in [3.63, 3.8) is 0 Å². The zero-order valence-corrected chi connectivity index (χ0v) is 15.9. The van der Waals surface area contributed by atoms with Gasteiger partial charge in [0.2, 0.25) is 5.91 Å². The van der Waals surface area contributed by atoms with Crippen LogP contribution in [-0.4, -0.2) is 20.0 Å². The Labute approximate surface area is 159 Å². The van der Waals surface area contributed by atoms with Gasteiger partial charge in [0.05, 0.1) is 27.4 Å². The maximum Gasteiger partial charge on any atom is 0.261 e. The van der Waals surface area contributed by atoms with Gasteiger partial charge in [-0.1, -0.05) is 35.6 Å². The first-order chi connectivity index (χ1) is 13.0. The molecule has 136 valence electrons. The molecule has 0 saturated carbocycles. The second kappa shape index (κ2) is 6.92. The first-order valence-corrected chi connectivity index (χ1v) is 9.43. The highest BCUT2D eigenvalue weighted by Gasteiger charge is 2.08. The summed E-state index contributed by atoms with van der Waals surface area (Å²) < 4.78 is 4.46. The summed E-state index contributed by atoms with van der Waals surface area (Å²) in [6, 6.07) is 13.5. The molecular weight excluding hydrogens is 360 g/mol. The van der Waals surface area contributed by atoms with Crippen LogP contribution in [0.1, 0.15) is 12.0 Å². The maximum absolute atomic E-state index is 12.6. The molecule has 4 aromatic rings. The number of amides is 1. The largest absolute Gasteiger partial charge is 0.319 e. The summed E-state index contributed by atoms with van der Waals surface area (Å²) >= 11 is 1.48. The molecule has 6 nitrogen and oxygen atoms in total. The monoisotopic (exact) mass is 378 g/mol. The van der Waals surface area contributed by atoms with Crippen LogP contribution in [-0.2, 0) is 18.4 Å². The highest BCUT2D eigenvalue weighted by molar-refractivity contribution is 7.16. The van der Waals surface area contributed by atoms with E-state index in [2.05, 4.69) is 9.98 Å². The molecular formula is C20H18N4O2S. The lowest BCUT2D eigenvalue weighted by molar-refractivity contribution is -0.118. The van der Waals surface area contributed by atoms with Crippen molar-refractivity contribution >= 4 is 38.4 Å². The Hall–Kier alpha value is -3.06. The zero-order chi connectivity index (χ0) is 19.0. The molecule has 0 N–H and O–H groups in total. The van der Waals surface area contributed by atoms with E-state index in [4.69, 9.17) is 0 Å². The average Bonchev–Trinajstić information content (AvgIpc) is 2.98. The normalized spacial score (nSPS) is 12.1. The third-order valence-electron chi connectivity index (χ3n) is 4.56. The van der Waals surface area contributed by atoms with Gasteiger partial charge in [-0.2, -0.15) is 4.99 Å². The molecule has 2 aromatic heterocycles. The van der Waals surface area contributed by atoms with Gasteiger partial charge >= 0.3 is 0 Å². The second-order valence-corrected chi connectivity index (χ2v) is 7.39. The second-order valence-electron chi connectivity index (χ2n) is 6.38. The number of para-hydroxylation sites is 2. The van der Waals surface area contributed by atoms with Gasteiger partial charge in [-0.3, -0.25) is 14.2 Å². The van der Waals surface area contributed by atoms with E-state index in [9.17, 15) is 9.59 Å². The molecule has 0 aliphatic rings. The molecule has 2 aromatic carbocycles. The number of aryl methyl sites for hydroxylation is 3. The van der Waals surface area contributed by atoms with Gasteiger partial charge in [0.25, 0.3) is 5.56 Å². The van der Waals surface area contributed by atoms with Crippen LogP contribution in [0.3, 0.4) is 0 Å². The van der Waals surface area contributed by atoms with Crippen molar-refractivity contribution in [1.29, 1.82) is 0 Å². The summed E-state index contributed by atoms with van der Waals surface area (Å²) in [7, 11) is 1.89. The lowest BCUT2D eigenvalue weighted by atomic mass is 10.1. The fraction of sp³-hybridized carbons (Fsp3) is 0.200. The summed E-state index contributed by atoms with van der Waals surface area (Å²) in [5.41, 5.74) is 2.57. The van der Waals surface area contributed by atoms with Crippen LogP contribution in [0, 0.1) is 6.92 Å². The van der Waals surface area contributed by atoms with E-state index < -0.39 is 0 Å². The van der Waals surface area contributed by atoms with Crippen molar-refractivity contribution in [3.8, 4) is 0 Å². The van der Waals surface area contributed by atoms with Crippen LogP contribution in [0.5, 0.6) is 0 Å². The Morgan fingerprint density at radius 1 is 1.19 bits per heavy atom. The van der Waals surface area contributed by atoms with Gasteiger partial charge in [-0.25, -0.2) is 4.98 Å². The van der Waals surface area contributed by atoms with Crippen molar-refractivity contribution in [2.75, 3.05) is 0 Å². The Balaban J connectivity index is 1.59. The molecule has 27 heavy (non-hydrogen) atoms. The highest BCUT2D eigenvalue weighted by Crippen LogP contribution is 2.15. The van der Waals surface area contributed by atoms with Crippen molar-refractivity contribution in [2.45, 2.75) is 19.9 Å².